The molecule has 0 fully saturated rings. The van der Waals surface area contributed by atoms with Gasteiger partial charge in [-0.25, -0.2) is 4.79 Å². The summed E-state index contributed by atoms with van der Waals surface area (Å²) < 4.78 is 0. The maximum Gasteiger partial charge on any atom is 0.315 e. The average molecular weight is 348 g/mol. The number of amides is 4. The van der Waals surface area contributed by atoms with Gasteiger partial charge in [0.25, 0.3) is 5.91 Å². The van der Waals surface area contributed by atoms with E-state index in [9.17, 15) is 14.4 Å². The van der Waals surface area contributed by atoms with E-state index < -0.39 is 0 Å². The number of nitrogens with one attached hydrogen (secondary N) is 3. The van der Waals surface area contributed by atoms with Crippen molar-refractivity contribution in [2.45, 2.75) is 39.8 Å². The van der Waals surface area contributed by atoms with Crippen molar-refractivity contribution in [3.63, 3.8) is 0 Å². The van der Waals surface area contributed by atoms with E-state index in [1.54, 1.807) is 31.3 Å². The molecule has 1 rings (SSSR count). The first kappa shape index (κ1) is 20.5. The summed E-state index contributed by atoms with van der Waals surface area (Å²) in [6.45, 7) is 6.75. The molecule has 7 heteroatoms. The molecular formula is C18H28N4O3. The maximum absolute atomic E-state index is 12.3. The minimum absolute atomic E-state index is 0.0253. The molecule has 0 bridgehead atoms. The van der Waals surface area contributed by atoms with Gasteiger partial charge in [0.1, 0.15) is 0 Å². The number of hydrogen-bond donors (Lipinski definition) is 3. The Hall–Kier alpha value is -2.57. The van der Waals surface area contributed by atoms with Crippen molar-refractivity contribution in [2.75, 3.05) is 20.1 Å². The van der Waals surface area contributed by atoms with Crippen molar-refractivity contribution in [1.82, 2.24) is 20.9 Å². The molecule has 0 aliphatic carbocycles. The van der Waals surface area contributed by atoms with Gasteiger partial charge in [-0.2, -0.15) is 0 Å². The SMILES string of the molecule is CCCNC(=O)CN(C)C(=O)c1ccc(CNC(=O)NC(C)C)cc1. The maximum atomic E-state index is 12.3. The third kappa shape index (κ3) is 7.69. The molecule has 0 spiro atoms. The first-order valence-corrected chi connectivity index (χ1v) is 8.49. The molecule has 0 aliphatic heterocycles. The van der Waals surface area contributed by atoms with Gasteiger partial charge < -0.3 is 20.9 Å². The van der Waals surface area contributed by atoms with Crippen LogP contribution < -0.4 is 16.0 Å². The van der Waals surface area contributed by atoms with Crippen molar-refractivity contribution in [2.24, 2.45) is 0 Å². The van der Waals surface area contributed by atoms with Crippen LogP contribution in [0.4, 0.5) is 4.79 Å². The zero-order valence-corrected chi connectivity index (χ0v) is 15.4. The largest absolute Gasteiger partial charge is 0.355 e. The predicted molar refractivity (Wildman–Crippen MR) is 97.2 cm³/mol. The van der Waals surface area contributed by atoms with E-state index in [1.807, 2.05) is 20.8 Å². The molecule has 1 aromatic carbocycles. The summed E-state index contributed by atoms with van der Waals surface area (Å²) in [7, 11) is 1.60. The molecule has 0 atom stereocenters. The summed E-state index contributed by atoms with van der Waals surface area (Å²) in [5, 5.41) is 8.23. The molecule has 7 nitrogen and oxygen atoms in total. The number of likely N-dealkylation sites (N-methyl/N-ethyl adjacent to an activating group) is 1. The summed E-state index contributed by atoms with van der Waals surface area (Å²) in [6.07, 6.45) is 0.855. The molecule has 138 valence electrons. The summed E-state index contributed by atoms with van der Waals surface area (Å²) >= 11 is 0. The minimum Gasteiger partial charge on any atom is -0.355 e. The first-order valence-electron chi connectivity index (χ1n) is 8.49. The Morgan fingerprint density at radius 3 is 2.28 bits per heavy atom. The predicted octanol–water partition coefficient (Wildman–Crippen LogP) is 1.49. The van der Waals surface area contributed by atoms with Gasteiger partial charge in [0, 0.05) is 31.7 Å². The Morgan fingerprint density at radius 1 is 1.08 bits per heavy atom. The molecular weight excluding hydrogens is 320 g/mol. The van der Waals surface area contributed by atoms with E-state index >= 15 is 0 Å². The van der Waals surface area contributed by atoms with Crippen LogP contribution in [0.25, 0.3) is 0 Å². The van der Waals surface area contributed by atoms with Crippen LogP contribution in [-0.4, -0.2) is 48.9 Å². The van der Waals surface area contributed by atoms with Crippen LogP contribution in [0.3, 0.4) is 0 Å². The van der Waals surface area contributed by atoms with Gasteiger partial charge in [-0.15, -0.1) is 0 Å². The van der Waals surface area contributed by atoms with Gasteiger partial charge in [0.2, 0.25) is 5.91 Å². The number of hydrogen-bond acceptors (Lipinski definition) is 3. The van der Waals surface area contributed by atoms with Crippen LogP contribution in [-0.2, 0) is 11.3 Å². The third-order valence-electron chi connectivity index (χ3n) is 3.37. The van der Waals surface area contributed by atoms with Gasteiger partial charge in [-0.05, 0) is 38.0 Å². The Kier molecular flexibility index (Phi) is 8.46. The van der Waals surface area contributed by atoms with Crippen LogP contribution >= 0.6 is 0 Å². The fourth-order valence-electron chi connectivity index (χ4n) is 2.09. The first-order chi connectivity index (χ1) is 11.8. The monoisotopic (exact) mass is 348 g/mol. The van der Waals surface area contributed by atoms with Crippen molar-refractivity contribution in [3.05, 3.63) is 35.4 Å². The molecule has 0 aliphatic rings. The number of nitrogens with zero attached hydrogens (tertiary/aromatic N) is 1. The fraction of sp³-hybridized carbons (Fsp3) is 0.500. The van der Waals surface area contributed by atoms with E-state index in [0.29, 0.717) is 18.7 Å². The number of rotatable bonds is 8. The van der Waals surface area contributed by atoms with E-state index in [0.717, 1.165) is 12.0 Å². The minimum atomic E-state index is -0.229. The average Bonchev–Trinajstić information content (AvgIpc) is 2.57. The van der Waals surface area contributed by atoms with Gasteiger partial charge in [0.15, 0.2) is 0 Å². The van der Waals surface area contributed by atoms with Crippen LogP contribution in [0.2, 0.25) is 0 Å². The highest BCUT2D eigenvalue weighted by Crippen LogP contribution is 2.07. The molecule has 3 N–H and O–H groups in total. The highest BCUT2D eigenvalue weighted by molar-refractivity contribution is 5.96. The van der Waals surface area contributed by atoms with E-state index in [-0.39, 0.29) is 30.4 Å². The molecule has 1 aromatic rings. The standard InChI is InChI=1S/C18H28N4O3/c1-5-10-19-16(23)12-22(4)17(24)15-8-6-14(7-9-15)11-20-18(25)21-13(2)3/h6-9,13H,5,10-12H2,1-4H3,(H,19,23)(H2,20,21,25). The fourth-order valence-corrected chi connectivity index (χ4v) is 2.09. The Balaban J connectivity index is 2.53. The molecule has 0 heterocycles. The second-order valence-electron chi connectivity index (χ2n) is 6.19. The normalized spacial score (nSPS) is 10.3. The van der Waals surface area contributed by atoms with Gasteiger partial charge >= 0.3 is 6.03 Å². The van der Waals surface area contributed by atoms with Crippen molar-refractivity contribution >= 4 is 17.8 Å². The molecule has 0 unspecified atom stereocenters. The van der Waals surface area contributed by atoms with Crippen LogP contribution in [0.1, 0.15) is 43.1 Å². The van der Waals surface area contributed by atoms with Gasteiger partial charge in [-0.3, -0.25) is 9.59 Å². The van der Waals surface area contributed by atoms with Crippen molar-refractivity contribution in [1.29, 1.82) is 0 Å². The molecule has 4 amide bonds. The Morgan fingerprint density at radius 2 is 1.72 bits per heavy atom. The lowest BCUT2D eigenvalue weighted by atomic mass is 10.1. The van der Waals surface area contributed by atoms with Gasteiger partial charge in [-0.1, -0.05) is 19.1 Å². The van der Waals surface area contributed by atoms with Crippen molar-refractivity contribution < 1.29 is 14.4 Å². The smallest absolute Gasteiger partial charge is 0.315 e. The van der Waals surface area contributed by atoms with Crippen LogP contribution in [0.15, 0.2) is 24.3 Å². The zero-order valence-electron chi connectivity index (χ0n) is 15.4. The number of urea groups is 1. The van der Waals surface area contributed by atoms with E-state index in [2.05, 4.69) is 16.0 Å². The third-order valence-corrected chi connectivity index (χ3v) is 3.37. The number of carbonyl (C=O) groups is 3. The second-order valence-corrected chi connectivity index (χ2v) is 6.19. The quantitative estimate of drug-likeness (QED) is 0.665. The highest BCUT2D eigenvalue weighted by Gasteiger charge is 2.14. The van der Waals surface area contributed by atoms with Crippen LogP contribution in [0.5, 0.6) is 0 Å². The molecule has 0 saturated heterocycles. The number of carbonyl (C=O) groups excluding carboxylic acids is 3. The summed E-state index contributed by atoms with van der Waals surface area (Å²) in [6, 6.07) is 6.81. The highest BCUT2D eigenvalue weighted by atomic mass is 16.2. The van der Waals surface area contributed by atoms with E-state index in [4.69, 9.17) is 0 Å². The zero-order chi connectivity index (χ0) is 18.8. The molecule has 0 aromatic heterocycles. The Labute approximate surface area is 149 Å². The summed E-state index contributed by atoms with van der Waals surface area (Å²) in [5.41, 5.74) is 1.39. The topological polar surface area (TPSA) is 90.5 Å². The lowest BCUT2D eigenvalue weighted by molar-refractivity contribution is -0.121. The van der Waals surface area contributed by atoms with Crippen LogP contribution in [0, 0.1) is 0 Å². The Bertz CT molecular complexity index is 584. The number of benzene rings is 1. The molecule has 25 heavy (non-hydrogen) atoms. The lowest BCUT2D eigenvalue weighted by Gasteiger charge is -2.17. The summed E-state index contributed by atoms with van der Waals surface area (Å²) in [4.78, 5) is 36.9. The molecule has 0 saturated carbocycles. The van der Waals surface area contributed by atoms with Crippen molar-refractivity contribution in [3.8, 4) is 0 Å². The summed E-state index contributed by atoms with van der Waals surface area (Å²) in [5.74, 6) is -0.390. The second kappa shape index (κ2) is 10.3. The lowest BCUT2D eigenvalue weighted by Crippen LogP contribution is -2.39. The van der Waals surface area contributed by atoms with E-state index in [1.165, 1.54) is 4.90 Å². The molecule has 0 radical (unpaired) electrons. The van der Waals surface area contributed by atoms with Gasteiger partial charge in [0.05, 0.1) is 6.54 Å².